The van der Waals surface area contributed by atoms with Gasteiger partial charge in [-0.1, -0.05) is 35.9 Å². The largest absolute Gasteiger partial charge is 0.348 e. The van der Waals surface area contributed by atoms with Gasteiger partial charge in [0.15, 0.2) is 0 Å². The molecule has 6 nitrogen and oxygen atoms in total. The Bertz CT molecular complexity index is 1330. The quantitative estimate of drug-likeness (QED) is 0.455. The maximum Gasteiger partial charge on any atom is 0.296 e. The summed E-state index contributed by atoms with van der Waals surface area (Å²) in [5, 5.41) is 6.49. The number of para-hydroxylation sites is 1. The first-order valence-electron chi connectivity index (χ1n) is 9.97. The third-order valence-corrected chi connectivity index (χ3v) is 5.50. The van der Waals surface area contributed by atoms with E-state index >= 15 is 0 Å². The van der Waals surface area contributed by atoms with Crippen LogP contribution < -0.4 is 5.56 Å². The topological polar surface area (TPSA) is 60.1 Å². The number of carbonyl (C=O) groups excluding carboxylic acids is 1. The minimum atomic E-state index is -0.508. The minimum Gasteiger partial charge on any atom is -0.348 e. The Morgan fingerprint density at radius 3 is 2.58 bits per heavy atom. The zero-order valence-electron chi connectivity index (χ0n) is 17.3. The summed E-state index contributed by atoms with van der Waals surface area (Å²) in [4.78, 5) is 27.7. The van der Waals surface area contributed by atoms with Crippen LogP contribution in [0.25, 0.3) is 27.5 Å². The first-order chi connectivity index (χ1) is 14.9. The summed E-state index contributed by atoms with van der Waals surface area (Å²) in [6.07, 6.45) is 0.284. The maximum absolute atomic E-state index is 13.6. The molecule has 4 aromatic rings. The average molecular weight is 441 g/mol. The number of nitrogens with zero attached hydrogens (tertiary/aromatic N) is 4. The van der Waals surface area contributed by atoms with Crippen LogP contribution in [0.3, 0.4) is 0 Å². The van der Waals surface area contributed by atoms with Crippen molar-refractivity contribution in [3.63, 3.8) is 0 Å². The number of likely N-dealkylation sites (N-methyl/N-ethyl adjacent to an activating group) is 1. The first kappa shape index (κ1) is 21.1. The van der Waals surface area contributed by atoms with Crippen LogP contribution in [0.4, 0.5) is 4.39 Å². The molecule has 1 amide bonds. The Labute approximate surface area is 183 Å². The van der Waals surface area contributed by atoms with Gasteiger partial charge in [-0.05, 0) is 30.7 Å². The SMILES string of the molecule is CN(C)C(=O)Cc1nn(-c2ccccc2)c(=O)c2c1c1ccc(Cl)cc1n2CCCF. The summed E-state index contributed by atoms with van der Waals surface area (Å²) in [5.74, 6) is -0.134. The van der Waals surface area contributed by atoms with Crippen molar-refractivity contribution in [1.82, 2.24) is 19.2 Å². The summed E-state index contributed by atoms with van der Waals surface area (Å²) < 4.78 is 16.2. The number of alkyl halides is 1. The molecular formula is C23H22ClFN4O2. The van der Waals surface area contributed by atoms with E-state index < -0.39 is 6.67 Å². The van der Waals surface area contributed by atoms with Gasteiger partial charge in [0.25, 0.3) is 5.56 Å². The normalized spacial score (nSPS) is 11.4. The van der Waals surface area contributed by atoms with E-state index in [0.717, 1.165) is 10.9 Å². The highest BCUT2D eigenvalue weighted by molar-refractivity contribution is 6.31. The number of aromatic nitrogens is 3. The molecule has 160 valence electrons. The van der Waals surface area contributed by atoms with Gasteiger partial charge < -0.3 is 9.47 Å². The van der Waals surface area contributed by atoms with Crippen LogP contribution in [-0.4, -0.2) is 45.9 Å². The predicted molar refractivity (Wildman–Crippen MR) is 121 cm³/mol. The number of fused-ring (bicyclic) bond motifs is 3. The number of benzene rings is 2. The molecule has 2 heterocycles. The Morgan fingerprint density at radius 2 is 1.90 bits per heavy atom. The van der Waals surface area contributed by atoms with Crippen LogP contribution in [0.15, 0.2) is 53.3 Å². The summed E-state index contributed by atoms with van der Waals surface area (Å²) >= 11 is 6.24. The third-order valence-electron chi connectivity index (χ3n) is 5.26. The lowest BCUT2D eigenvalue weighted by Gasteiger charge is -2.13. The fraction of sp³-hybridized carbons (Fsp3) is 0.261. The second-order valence-corrected chi connectivity index (χ2v) is 7.98. The van der Waals surface area contributed by atoms with Gasteiger partial charge in [-0.2, -0.15) is 9.78 Å². The smallest absolute Gasteiger partial charge is 0.296 e. The van der Waals surface area contributed by atoms with Crippen molar-refractivity contribution in [2.75, 3.05) is 20.8 Å². The van der Waals surface area contributed by atoms with Crippen LogP contribution in [0.1, 0.15) is 12.1 Å². The zero-order chi connectivity index (χ0) is 22.1. The number of amides is 1. The summed E-state index contributed by atoms with van der Waals surface area (Å²) in [5.41, 5.74) is 1.87. The van der Waals surface area contributed by atoms with Crippen LogP contribution >= 0.6 is 11.6 Å². The number of halogens is 2. The van der Waals surface area contributed by atoms with Gasteiger partial charge in [0.2, 0.25) is 5.91 Å². The number of carbonyl (C=O) groups is 1. The molecule has 4 rings (SSSR count). The molecule has 0 spiro atoms. The molecule has 0 aliphatic heterocycles. The van der Waals surface area contributed by atoms with Gasteiger partial charge in [-0.3, -0.25) is 14.0 Å². The van der Waals surface area contributed by atoms with E-state index in [1.54, 1.807) is 42.9 Å². The van der Waals surface area contributed by atoms with Gasteiger partial charge in [0, 0.05) is 36.4 Å². The zero-order valence-corrected chi connectivity index (χ0v) is 18.1. The van der Waals surface area contributed by atoms with Gasteiger partial charge in [0.05, 0.1) is 30.0 Å². The molecule has 8 heteroatoms. The Morgan fingerprint density at radius 1 is 1.16 bits per heavy atom. The summed E-state index contributed by atoms with van der Waals surface area (Å²) in [6.45, 7) is -0.197. The Kier molecular flexibility index (Phi) is 5.78. The fourth-order valence-corrected chi connectivity index (χ4v) is 3.94. The van der Waals surface area contributed by atoms with E-state index in [0.29, 0.717) is 33.9 Å². The van der Waals surface area contributed by atoms with E-state index in [4.69, 9.17) is 11.6 Å². The molecule has 31 heavy (non-hydrogen) atoms. The van der Waals surface area contributed by atoms with Crippen molar-refractivity contribution in [2.24, 2.45) is 0 Å². The second kappa shape index (κ2) is 8.51. The second-order valence-electron chi connectivity index (χ2n) is 7.54. The molecule has 0 aliphatic rings. The van der Waals surface area contributed by atoms with Crippen molar-refractivity contribution >= 4 is 39.3 Å². The lowest BCUT2D eigenvalue weighted by molar-refractivity contribution is -0.128. The molecule has 0 bridgehead atoms. The highest BCUT2D eigenvalue weighted by Crippen LogP contribution is 2.32. The van der Waals surface area contributed by atoms with Crippen LogP contribution in [-0.2, 0) is 17.8 Å². The standard InChI is InChI=1S/C23H22ClFN4O2/c1-27(2)20(30)14-18-21-17-10-9-15(24)13-19(17)28(12-6-11-25)22(21)23(31)29(26-18)16-7-4-3-5-8-16/h3-5,7-10,13H,6,11-12,14H2,1-2H3. The van der Waals surface area contributed by atoms with Crippen molar-refractivity contribution in [2.45, 2.75) is 19.4 Å². The van der Waals surface area contributed by atoms with E-state index in [9.17, 15) is 14.0 Å². The van der Waals surface area contributed by atoms with Crippen LogP contribution in [0, 0.1) is 0 Å². The Hall–Kier alpha value is -3.19. The highest BCUT2D eigenvalue weighted by Gasteiger charge is 2.23. The summed E-state index contributed by atoms with van der Waals surface area (Å²) in [6, 6.07) is 14.4. The van der Waals surface area contributed by atoms with E-state index in [2.05, 4.69) is 5.10 Å². The first-order valence-corrected chi connectivity index (χ1v) is 10.4. The average Bonchev–Trinajstić information content (AvgIpc) is 3.08. The monoisotopic (exact) mass is 440 g/mol. The molecule has 0 N–H and O–H groups in total. The molecule has 0 saturated carbocycles. The third kappa shape index (κ3) is 3.81. The van der Waals surface area contributed by atoms with Crippen LogP contribution in [0.5, 0.6) is 0 Å². The summed E-state index contributed by atoms with van der Waals surface area (Å²) in [7, 11) is 3.36. The van der Waals surface area contributed by atoms with Gasteiger partial charge in [-0.15, -0.1) is 0 Å². The van der Waals surface area contributed by atoms with Crippen molar-refractivity contribution in [3.05, 3.63) is 69.6 Å². The van der Waals surface area contributed by atoms with Gasteiger partial charge >= 0.3 is 0 Å². The molecule has 0 atom stereocenters. The van der Waals surface area contributed by atoms with Crippen molar-refractivity contribution in [3.8, 4) is 5.69 Å². The molecule has 0 radical (unpaired) electrons. The van der Waals surface area contributed by atoms with E-state index in [-0.39, 0.29) is 24.3 Å². The van der Waals surface area contributed by atoms with E-state index in [1.165, 1.54) is 9.58 Å². The molecule has 2 aromatic carbocycles. The fourth-order valence-electron chi connectivity index (χ4n) is 3.77. The van der Waals surface area contributed by atoms with Gasteiger partial charge in [0.1, 0.15) is 5.52 Å². The number of hydrogen-bond donors (Lipinski definition) is 0. The number of hydrogen-bond acceptors (Lipinski definition) is 3. The molecule has 0 fully saturated rings. The Balaban J connectivity index is 2.13. The molecule has 0 saturated heterocycles. The van der Waals surface area contributed by atoms with Crippen molar-refractivity contribution < 1.29 is 9.18 Å². The number of rotatable bonds is 6. The van der Waals surface area contributed by atoms with Crippen LogP contribution in [0.2, 0.25) is 5.02 Å². The number of aryl methyl sites for hydroxylation is 1. The minimum absolute atomic E-state index is 0.0292. The van der Waals surface area contributed by atoms with Crippen molar-refractivity contribution in [1.29, 1.82) is 0 Å². The van der Waals surface area contributed by atoms with E-state index in [1.807, 2.05) is 24.3 Å². The lowest BCUT2D eigenvalue weighted by Crippen LogP contribution is -2.28. The maximum atomic E-state index is 13.6. The van der Waals surface area contributed by atoms with Gasteiger partial charge in [-0.25, -0.2) is 0 Å². The highest BCUT2D eigenvalue weighted by atomic mass is 35.5. The molecule has 2 aromatic heterocycles. The molecule has 0 unspecified atom stereocenters. The lowest BCUT2D eigenvalue weighted by atomic mass is 10.1. The molecular weight excluding hydrogens is 419 g/mol. The predicted octanol–water partition coefficient (Wildman–Crippen LogP) is 3.98. The molecule has 0 aliphatic carbocycles.